The van der Waals surface area contributed by atoms with Crippen LogP contribution >= 0.6 is 0 Å². The van der Waals surface area contributed by atoms with Gasteiger partial charge in [0.1, 0.15) is 5.82 Å². The molecule has 1 saturated heterocycles. The summed E-state index contributed by atoms with van der Waals surface area (Å²) < 4.78 is 0. The van der Waals surface area contributed by atoms with E-state index < -0.39 is 0 Å². The molecule has 0 spiro atoms. The quantitative estimate of drug-likeness (QED) is 0.778. The summed E-state index contributed by atoms with van der Waals surface area (Å²) in [5.41, 5.74) is 3.54. The highest BCUT2D eigenvalue weighted by Crippen LogP contribution is 2.67. The zero-order chi connectivity index (χ0) is 11.8. The van der Waals surface area contributed by atoms with Gasteiger partial charge in [0, 0.05) is 36.0 Å². The number of hydrogen-bond acceptors (Lipinski definition) is 2. The van der Waals surface area contributed by atoms with Gasteiger partial charge >= 0.3 is 0 Å². The van der Waals surface area contributed by atoms with Gasteiger partial charge < -0.3 is 10.3 Å². The predicted octanol–water partition coefficient (Wildman–Crippen LogP) is 2.27. The van der Waals surface area contributed by atoms with Crippen molar-refractivity contribution >= 4 is 0 Å². The molecule has 2 atom stereocenters. The summed E-state index contributed by atoms with van der Waals surface area (Å²) in [7, 11) is 0. The second-order valence-corrected chi connectivity index (χ2v) is 6.88. The van der Waals surface area contributed by atoms with E-state index in [0.717, 1.165) is 13.1 Å². The molecule has 1 saturated carbocycles. The number of nitrogens with one attached hydrogen (secondary N) is 2. The molecule has 2 aliphatic carbocycles. The van der Waals surface area contributed by atoms with Crippen LogP contribution in [0.1, 0.15) is 62.7 Å². The summed E-state index contributed by atoms with van der Waals surface area (Å²) in [6.07, 6.45) is 2.64. The van der Waals surface area contributed by atoms with Gasteiger partial charge in [-0.2, -0.15) is 0 Å². The maximum absolute atomic E-state index is 4.97. The first-order valence-electron chi connectivity index (χ1n) is 6.85. The second-order valence-electron chi connectivity index (χ2n) is 6.88. The van der Waals surface area contributed by atoms with E-state index in [9.17, 15) is 0 Å². The second kappa shape index (κ2) is 2.77. The molecule has 2 unspecified atom stereocenters. The molecule has 3 heteroatoms. The summed E-state index contributed by atoms with van der Waals surface area (Å²) in [5.74, 6) is 2.57. The first-order chi connectivity index (χ1) is 8.04. The van der Waals surface area contributed by atoms with E-state index in [1.807, 2.05) is 0 Å². The Morgan fingerprint density at radius 3 is 2.59 bits per heavy atom. The number of hydrogen-bond donors (Lipinski definition) is 2. The first kappa shape index (κ1) is 10.1. The molecule has 1 aliphatic heterocycles. The highest BCUT2D eigenvalue weighted by atomic mass is 15.1. The Kier molecular flexibility index (Phi) is 1.65. The lowest BCUT2D eigenvalue weighted by atomic mass is 9.70. The van der Waals surface area contributed by atoms with Crippen molar-refractivity contribution < 1.29 is 0 Å². The normalized spacial score (nSPS) is 38.2. The summed E-state index contributed by atoms with van der Waals surface area (Å²) in [6.45, 7) is 9.45. The summed E-state index contributed by atoms with van der Waals surface area (Å²) in [5, 5.41) is 3.33. The molecule has 3 aliphatic rings. The number of imidazole rings is 1. The fourth-order valence-electron chi connectivity index (χ4n) is 4.18. The van der Waals surface area contributed by atoms with E-state index >= 15 is 0 Å². The van der Waals surface area contributed by atoms with Gasteiger partial charge in [-0.1, -0.05) is 20.8 Å². The molecular formula is C14H21N3. The number of aromatic amines is 1. The number of aromatic nitrogens is 2. The molecule has 0 amide bonds. The average molecular weight is 231 g/mol. The van der Waals surface area contributed by atoms with Crippen LogP contribution in [0.4, 0.5) is 0 Å². The van der Waals surface area contributed by atoms with Crippen molar-refractivity contribution in [2.24, 2.45) is 5.41 Å². The molecule has 2 N–H and O–H groups in total. The minimum absolute atomic E-state index is 0.304. The van der Waals surface area contributed by atoms with E-state index in [0.29, 0.717) is 22.7 Å². The van der Waals surface area contributed by atoms with Gasteiger partial charge in [-0.15, -0.1) is 0 Å². The van der Waals surface area contributed by atoms with E-state index in [1.165, 1.54) is 30.1 Å². The fourth-order valence-corrected chi connectivity index (χ4v) is 4.18. The van der Waals surface area contributed by atoms with Crippen LogP contribution in [0.5, 0.6) is 0 Å². The molecule has 1 aromatic heterocycles. The van der Waals surface area contributed by atoms with E-state index in [2.05, 4.69) is 31.1 Å². The highest BCUT2D eigenvalue weighted by Gasteiger charge is 2.61. The Morgan fingerprint density at radius 1 is 1.24 bits per heavy atom. The third-order valence-corrected chi connectivity index (χ3v) is 6.02. The maximum Gasteiger partial charge on any atom is 0.112 e. The number of nitrogens with zero attached hydrogens (tertiary/aromatic N) is 1. The Hall–Kier alpha value is -0.830. The van der Waals surface area contributed by atoms with Gasteiger partial charge in [-0.3, -0.25) is 0 Å². The fraction of sp³-hybridized carbons (Fsp3) is 0.786. The Bertz CT molecular complexity index is 484. The van der Waals surface area contributed by atoms with E-state index in [-0.39, 0.29) is 0 Å². The standard InChI is InChI=1S/C14H21N3/c1-13(2)9-4-5-14(13,3)11-10(9)16-12(17-11)8-6-15-7-8/h8-9,15H,4-7H2,1-3H3,(H,16,17). The third-order valence-electron chi connectivity index (χ3n) is 6.02. The van der Waals surface area contributed by atoms with Gasteiger partial charge in [0.05, 0.1) is 5.69 Å². The van der Waals surface area contributed by atoms with Crippen molar-refractivity contribution in [2.45, 2.75) is 50.9 Å². The lowest BCUT2D eigenvalue weighted by Crippen LogP contribution is -2.40. The van der Waals surface area contributed by atoms with Crippen LogP contribution in [-0.4, -0.2) is 23.1 Å². The van der Waals surface area contributed by atoms with Gasteiger partial charge in [0.2, 0.25) is 0 Å². The van der Waals surface area contributed by atoms with E-state index in [1.54, 1.807) is 0 Å². The average Bonchev–Trinajstić information content (AvgIpc) is 2.72. The Balaban J connectivity index is 1.83. The molecule has 2 bridgehead atoms. The van der Waals surface area contributed by atoms with Crippen LogP contribution in [0.3, 0.4) is 0 Å². The minimum Gasteiger partial charge on any atom is -0.345 e. The van der Waals surface area contributed by atoms with Crippen molar-refractivity contribution in [1.82, 2.24) is 15.3 Å². The first-order valence-corrected chi connectivity index (χ1v) is 6.85. The largest absolute Gasteiger partial charge is 0.345 e. The Labute approximate surface area is 102 Å². The van der Waals surface area contributed by atoms with Gasteiger partial charge in [0.15, 0.2) is 0 Å². The summed E-state index contributed by atoms with van der Waals surface area (Å²) in [6, 6.07) is 0. The molecule has 3 nitrogen and oxygen atoms in total. The zero-order valence-electron chi connectivity index (χ0n) is 10.9. The maximum atomic E-state index is 4.97. The molecule has 4 rings (SSSR count). The van der Waals surface area contributed by atoms with E-state index in [4.69, 9.17) is 4.98 Å². The van der Waals surface area contributed by atoms with Crippen LogP contribution in [0.15, 0.2) is 0 Å². The summed E-state index contributed by atoms with van der Waals surface area (Å²) in [4.78, 5) is 8.62. The smallest absolute Gasteiger partial charge is 0.112 e. The van der Waals surface area contributed by atoms with Gasteiger partial charge in [-0.25, -0.2) is 4.98 Å². The van der Waals surface area contributed by atoms with Crippen LogP contribution in [0.2, 0.25) is 0 Å². The van der Waals surface area contributed by atoms with Crippen LogP contribution in [-0.2, 0) is 5.41 Å². The van der Waals surface area contributed by atoms with Crippen LogP contribution < -0.4 is 5.32 Å². The number of fused-ring (bicyclic) bond motifs is 5. The van der Waals surface area contributed by atoms with Crippen LogP contribution in [0.25, 0.3) is 0 Å². The summed E-state index contributed by atoms with van der Waals surface area (Å²) >= 11 is 0. The van der Waals surface area contributed by atoms with Gasteiger partial charge in [-0.05, 0) is 18.3 Å². The third kappa shape index (κ3) is 0.967. The zero-order valence-corrected chi connectivity index (χ0v) is 10.9. The van der Waals surface area contributed by atoms with Crippen molar-refractivity contribution in [3.05, 3.63) is 17.2 Å². The molecule has 0 radical (unpaired) electrons. The Morgan fingerprint density at radius 2 is 2.00 bits per heavy atom. The van der Waals surface area contributed by atoms with Crippen LogP contribution in [0, 0.1) is 5.41 Å². The van der Waals surface area contributed by atoms with Crippen molar-refractivity contribution in [2.75, 3.05) is 13.1 Å². The molecule has 17 heavy (non-hydrogen) atoms. The monoisotopic (exact) mass is 231 g/mol. The molecule has 2 heterocycles. The highest BCUT2D eigenvalue weighted by molar-refractivity contribution is 5.43. The minimum atomic E-state index is 0.304. The lowest BCUT2D eigenvalue weighted by Gasteiger charge is -2.34. The molecule has 0 aromatic carbocycles. The lowest BCUT2D eigenvalue weighted by molar-refractivity contribution is 0.224. The van der Waals surface area contributed by atoms with Crippen molar-refractivity contribution in [3.8, 4) is 0 Å². The van der Waals surface area contributed by atoms with Crippen molar-refractivity contribution in [1.29, 1.82) is 0 Å². The number of H-pyrrole nitrogens is 1. The molecule has 2 fully saturated rings. The SMILES string of the molecule is CC12CCC(c3[nH]c(C4CNC4)nc31)C2(C)C. The molecular weight excluding hydrogens is 210 g/mol. The topological polar surface area (TPSA) is 40.7 Å². The number of rotatable bonds is 1. The van der Waals surface area contributed by atoms with Crippen molar-refractivity contribution in [3.63, 3.8) is 0 Å². The van der Waals surface area contributed by atoms with Gasteiger partial charge in [0.25, 0.3) is 0 Å². The molecule has 1 aromatic rings. The predicted molar refractivity (Wildman–Crippen MR) is 67.3 cm³/mol. The molecule has 92 valence electrons.